The number of anilines is 2. The van der Waals surface area contributed by atoms with Crippen LogP contribution in [-0.2, 0) is 9.59 Å². The van der Waals surface area contributed by atoms with Crippen LogP contribution in [0.15, 0.2) is 48.5 Å². The Morgan fingerprint density at radius 3 is 1.57 bits per heavy atom. The number of carbonyl (C=O) groups is 2. The fraction of sp³-hybridized carbons (Fsp3) is 0.176. The molecule has 2 aromatic rings. The van der Waals surface area contributed by atoms with Crippen LogP contribution in [0, 0.1) is 0 Å². The van der Waals surface area contributed by atoms with Crippen LogP contribution < -0.4 is 20.1 Å². The zero-order chi connectivity index (χ0) is 16.8. The maximum atomic E-state index is 12.4. The summed E-state index contributed by atoms with van der Waals surface area (Å²) in [6.07, 6.45) is -0.377. The minimum absolute atomic E-state index is 0.377. The van der Waals surface area contributed by atoms with Gasteiger partial charge in [-0.25, -0.2) is 0 Å². The molecule has 0 aliphatic rings. The van der Waals surface area contributed by atoms with Gasteiger partial charge in [-0.05, 0) is 48.5 Å². The van der Waals surface area contributed by atoms with Gasteiger partial charge >= 0.3 is 0 Å². The van der Waals surface area contributed by atoms with E-state index in [2.05, 4.69) is 0 Å². The molecule has 2 amide bonds. The van der Waals surface area contributed by atoms with E-state index < -0.39 is 11.8 Å². The smallest absolute Gasteiger partial charge is 0.240 e. The molecule has 6 heteroatoms. The first kappa shape index (κ1) is 16.4. The highest BCUT2D eigenvalue weighted by Gasteiger charge is 2.20. The van der Waals surface area contributed by atoms with E-state index in [1.165, 1.54) is 4.90 Å². The van der Waals surface area contributed by atoms with Crippen LogP contribution in [0.3, 0.4) is 0 Å². The second kappa shape index (κ2) is 7.31. The number of hydrogen-bond acceptors (Lipinski definition) is 4. The van der Waals surface area contributed by atoms with Crippen LogP contribution in [0.4, 0.5) is 11.4 Å². The van der Waals surface area contributed by atoms with Crippen molar-refractivity contribution in [3.05, 3.63) is 48.5 Å². The molecular formula is C17H18N2O4. The van der Waals surface area contributed by atoms with Gasteiger partial charge in [0.2, 0.25) is 11.8 Å². The number of carbonyl (C=O) groups excluding carboxylic acids is 2. The van der Waals surface area contributed by atoms with Gasteiger partial charge in [0.05, 0.1) is 14.2 Å². The molecule has 0 atom stereocenters. The SMILES string of the molecule is COc1ccc(N(C(=O)CC(N)=O)c2ccc(OC)cc2)cc1. The molecule has 0 aliphatic carbocycles. The highest BCUT2D eigenvalue weighted by atomic mass is 16.5. The van der Waals surface area contributed by atoms with Crippen molar-refractivity contribution >= 4 is 23.2 Å². The summed E-state index contributed by atoms with van der Waals surface area (Å²) in [4.78, 5) is 25.0. The maximum absolute atomic E-state index is 12.4. The maximum Gasteiger partial charge on any atom is 0.240 e. The van der Waals surface area contributed by atoms with Gasteiger partial charge in [0.25, 0.3) is 0 Å². The number of rotatable bonds is 6. The molecule has 0 saturated carbocycles. The molecule has 2 rings (SSSR count). The molecule has 120 valence electrons. The minimum atomic E-state index is -0.679. The number of amides is 2. The normalized spacial score (nSPS) is 10.0. The summed E-state index contributed by atoms with van der Waals surface area (Å²) in [6.45, 7) is 0. The molecular weight excluding hydrogens is 296 g/mol. The van der Waals surface area contributed by atoms with Gasteiger partial charge in [-0.1, -0.05) is 0 Å². The van der Waals surface area contributed by atoms with Gasteiger partial charge in [-0.3, -0.25) is 14.5 Å². The summed E-state index contributed by atoms with van der Waals surface area (Å²) < 4.78 is 10.2. The van der Waals surface area contributed by atoms with Crippen molar-refractivity contribution in [2.24, 2.45) is 5.73 Å². The van der Waals surface area contributed by atoms with Gasteiger partial charge in [0, 0.05) is 11.4 Å². The third kappa shape index (κ3) is 4.00. The summed E-state index contributed by atoms with van der Waals surface area (Å²) in [5.41, 5.74) is 6.38. The number of hydrogen-bond donors (Lipinski definition) is 1. The van der Waals surface area contributed by atoms with Crippen molar-refractivity contribution in [2.75, 3.05) is 19.1 Å². The Hall–Kier alpha value is -3.02. The van der Waals surface area contributed by atoms with Gasteiger partial charge in [-0.15, -0.1) is 0 Å². The summed E-state index contributed by atoms with van der Waals surface area (Å²) >= 11 is 0. The van der Waals surface area contributed by atoms with E-state index in [1.54, 1.807) is 62.8 Å². The Kier molecular flexibility index (Phi) is 5.19. The van der Waals surface area contributed by atoms with Crippen LogP contribution in [0.5, 0.6) is 11.5 Å². The van der Waals surface area contributed by atoms with Crippen molar-refractivity contribution < 1.29 is 19.1 Å². The second-order valence-electron chi connectivity index (χ2n) is 4.77. The van der Waals surface area contributed by atoms with Gasteiger partial charge < -0.3 is 15.2 Å². The lowest BCUT2D eigenvalue weighted by Crippen LogP contribution is -2.30. The van der Waals surface area contributed by atoms with Crippen LogP contribution in [0.2, 0.25) is 0 Å². The zero-order valence-electron chi connectivity index (χ0n) is 13.0. The lowest BCUT2D eigenvalue weighted by molar-refractivity contribution is -0.125. The number of benzene rings is 2. The Morgan fingerprint density at radius 1 is 0.870 bits per heavy atom. The average Bonchev–Trinajstić information content (AvgIpc) is 2.55. The number of methoxy groups -OCH3 is 2. The van der Waals surface area contributed by atoms with Crippen molar-refractivity contribution in [2.45, 2.75) is 6.42 Å². The lowest BCUT2D eigenvalue weighted by Gasteiger charge is -2.23. The van der Waals surface area contributed by atoms with Gasteiger partial charge in [-0.2, -0.15) is 0 Å². The summed E-state index contributed by atoms with van der Waals surface area (Å²) in [5.74, 6) is 0.256. The van der Waals surface area contributed by atoms with E-state index in [-0.39, 0.29) is 6.42 Å². The van der Waals surface area contributed by atoms with E-state index in [0.29, 0.717) is 22.9 Å². The van der Waals surface area contributed by atoms with Crippen LogP contribution in [0.1, 0.15) is 6.42 Å². The molecule has 0 bridgehead atoms. The Labute approximate surface area is 134 Å². The van der Waals surface area contributed by atoms with Crippen LogP contribution >= 0.6 is 0 Å². The number of ether oxygens (including phenoxy) is 2. The Balaban J connectivity index is 2.40. The molecule has 0 aromatic heterocycles. The van der Waals surface area contributed by atoms with Crippen molar-refractivity contribution in [3.63, 3.8) is 0 Å². The highest BCUT2D eigenvalue weighted by Crippen LogP contribution is 2.29. The predicted molar refractivity (Wildman–Crippen MR) is 86.9 cm³/mol. The molecule has 0 fully saturated rings. The van der Waals surface area contributed by atoms with Crippen molar-refractivity contribution in [3.8, 4) is 11.5 Å². The first-order valence-corrected chi connectivity index (χ1v) is 6.94. The quantitative estimate of drug-likeness (QED) is 0.829. The number of primary amides is 1. The average molecular weight is 314 g/mol. The number of nitrogens with two attached hydrogens (primary N) is 1. The molecule has 0 aliphatic heterocycles. The van der Waals surface area contributed by atoms with E-state index in [1.807, 2.05) is 0 Å². The topological polar surface area (TPSA) is 81.9 Å². The molecule has 0 spiro atoms. The Morgan fingerprint density at radius 2 is 1.26 bits per heavy atom. The van der Waals surface area contributed by atoms with Gasteiger partial charge in [0.1, 0.15) is 17.9 Å². The van der Waals surface area contributed by atoms with E-state index in [9.17, 15) is 9.59 Å². The summed E-state index contributed by atoms with van der Waals surface area (Å²) in [5, 5.41) is 0. The van der Waals surface area contributed by atoms with Gasteiger partial charge in [0.15, 0.2) is 0 Å². The van der Waals surface area contributed by atoms with E-state index in [0.717, 1.165) is 0 Å². The summed E-state index contributed by atoms with van der Waals surface area (Å²) in [6, 6.07) is 13.9. The van der Waals surface area contributed by atoms with Crippen molar-refractivity contribution in [1.29, 1.82) is 0 Å². The van der Waals surface area contributed by atoms with Crippen molar-refractivity contribution in [1.82, 2.24) is 0 Å². The molecule has 2 aromatic carbocycles. The largest absolute Gasteiger partial charge is 0.497 e. The zero-order valence-corrected chi connectivity index (χ0v) is 13.0. The molecule has 0 saturated heterocycles. The van der Waals surface area contributed by atoms with E-state index in [4.69, 9.17) is 15.2 Å². The molecule has 0 unspecified atom stereocenters. The molecule has 2 N–H and O–H groups in total. The Bertz CT molecular complexity index is 633. The third-order valence-electron chi connectivity index (χ3n) is 3.24. The molecule has 0 radical (unpaired) electrons. The third-order valence-corrected chi connectivity index (χ3v) is 3.24. The fourth-order valence-electron chi connectivity index (χ4n) is 2.13. The fourth-order valence-corrected chi connectivity index (χ4v) is 2.13. The second-order valence-corrected chi connectivity index (χ2v) is 4.77. The highest BCUT2D eigenvalue weighted by molar-refractivity contribution is 6.08. The van der Waals surface area contributed by atoms with Crippen LogP contribution in [-0.4, -0.2) is 26.0 Å². The minimum Gasteiger partial charge on any atom is -0.497 e. The number of nitrogens with zero attached hydrogens (tertiary/aromatic N) is 1. The predicted octanol–water partition coefficient (Wildman–Crippen LogP) is 2.24. The lowest BCUT2D eigenvalue weighted by atomic mass is 10.2. The van der Waals surface area contributed by atoms with E-state index >= 15 is 0 Å². The molecule has 0 heterocycles. The van der Waals surface area contributed by atoms with Crippen LogP contribution in [0.25, 0.3) is 0 Å². The molecule has 6 nitrogen and oxygen atoms in total. The monoisotopic (exact) mass is 314 g/mol. The first-order chi connectivity index (χ1) is 11.0. The first-order valence-electron chi connectivity index (χ1n) is 6.94. The standard InChI is InChI=1S/C17H18N2O4/c1-22-14-7-3-12(4-8-14)19(17(21)11-16(18)20)13-5-9-15(23-2)10-6-13/h3-10H,11H2,1-2H3,(H2,18,20). The summed E-state index contributed by atoms with van der Waals surface area (Å²) in [7, 11) is 3.13. The molecule has 23 heavy (non-hydrogen) atoms.